The molecule has 1 saturated heterocycles. The summed E-state index contributed by atoms with van der Waals surface area (Å²) in [6, 6.07) is 13.5. The second-order valence-electron chi connectivity index (χ2n) is 6.65. The normalized spacial score (nSPS) is 16.5. The molecule has 0 unspecified atom stereocenters. The van der Waals surface area contributed by atoms with E-state index in [4.69, 9.17) is 11.6 Å². The molecule has 146 valence electrons. The molecule has 9 heteroatoms. The van der Waals surface area contributed by atoms with Gasteiger partial charge in [-0.3, -0.25) is 9.69 Å². The highest BCUT2D eigenvalue weighted by molar-refractivity contribution is 7.89. The Bertz CT molecular complexity index is 1150. The Kier molecular flexibility index (Phi) is 5.20. The van der Waals surface area contributed by atoms with Gasteiger partial charge in [0.2, 0.25) is 10.0 Å². The lowest BCUT2D eigenvalue weighted by atomic mass is 10.2. The lowest BCUT2D eigenvalue weighted by Gasteiger charge is -2.33. The fraction of sp³-hybridized carbons (Fsp3) is 0.263. The van der Waals surface area contributed by atoms with E-state index >= 15 is 0 Å². The topological polar surface area (TPSA) is 75.5 Å². The van der Waals surface area contributed by atoms with Gasteiger partial charge in [0.1, 0.15) is 0 Å². The molecule has 3 aromatic rings. The molecular formula is C19H19ClN4O3S. The van der Waals surface area contributed by atoms with Crippen molar-refractivity contribution in [1.29, 1.82) is 0 Å². The first-order valence-electron chi connectivity index (χ1n) is 8.88. The van der Waals surface area contributed by atoms with Crippen molar-refractivity contribution in [3.63, 3.8) is 0 Å². The second-order valence-corrected chi connectivity index (χ2v) is 9.03. The van der Waals surface area contributed by atoms with Crippen molar-refractivity contribution in [2.45, 2.75) is 11.6 Å². The van der Waals surface area contributed by atoms with E-state index in [1.54, 1.807) is 24.4 Å². The van der Waals surface area contributed by atoms with E-state index in [0.717, 1.165) is 5.39 Å². The molecular weight excluding hydrogens is 400 g/mol. The minimum Gasteiger partial charge on any atom is -0.282 e. The molecule has 0 aliphatic carbocycles. The number of fused-ring (bicyclic) bond motifs is 1. The van der Waals surface area contributed by atoms with Crippen LogP contribution < -0.4 is 5.56 Å². The highest BCUT2D eigenvalue weighted by Gasteiger charge is 2.28. The largest absolute Gasteiger partial charge is 0.282 e. The van der Waals surface area contributed by atoms with Crippen LogP contribution in [0.3, 0.4) is 0 Å². The zero-order chi connectivity index (χ0) is 19.7. The Labute approximate surface area is 167 Å². The third-order valence-electron chi connectivity index (χ3n) is 4.88. The van der Waals surface area contributed by atoms with Crippen LogP contribution in [0.25, 0.3) is 10.8 Å². The molecule has 0 bridgehead atoms. The maximum atomic E-state index is 12.8. The fourth-order valence-electron chi connectivity index (χ4n) is 3.28. The fourth-order valence-corrected chi connectivity index (χ4v) is 4.83. The van der Waals surface area contributed by atoms with Crippen molar-refractivity contribution in [2.24, 2.45) is 0 Å². The molecule has 1 aliphatic rings. The molecule has 0 spiro atoms. The number of nitrogens with zero attached hydrogens (tertiary/aromatic N) is 4. The first-order chi connectivity index (χ1) is 13.4. The summed E-state index contributed by atoms with van der Waals surface area (Å²) in [6.45, 7) is 2.08. The van der Waals surface area contributed by atoms with Crippen molar-refractivity contribution in [1.82, 2.24) is 19.0 Å². The predicted octanol–water partition coefficient (Wildman–Crippen LogP) is 2.01. The molecule has 1 aromatic heterocycles. The van der Waals surface area contributed by atoms with E-state index in [9.17, 15) is 13.2 Å². The molecule has 0 atom stereocenters. The number of hydrogen-bond acceptors (Lipinski definition) is 5. The van der Waals surface area contributed by atoms with Crippen molar-refractivity contribution < 1.29 is 8.42 Å². The third-order valence-corrected chi connectivity index (χ3v) is 7.04. The summed E-state index contributed by atoms with van der Waals surface area (Å²) >= 11 is 5.84. The summed E-state index contributed by atoms with van der Waals surface area (Å²) in [6.07, 6.45) is 1.68. The SMILES string of the molecule is O=c1c2ccccc2cnn1CN1CCN(S(=O)(=O)c2ccc(Cl)cc2)CC1. The highest BCUT2D eigenvalue weighted by Crippen LogP contribution is 2.20. The van der Waals surface area contributed by atoms with Gasteiger partial charge in [-0.15, -0.1) is 0 Å². The van der Waals surface area contributed by atoms with Gasteiger partial charge in [-0.25, -0.2) is 13.1 Å². The highest BCUT2D eigenvalue weighted by atomic mass is 35.5. The van der Waals surface area contributed by atoms with E-state index in [0.29, 0.717) is 43.3 Å². The van der Waals surface area contributed by atoms with Crippen LogP contribution in [0.15, 0.2) is 64.4 Å². The summed E-state index contributed by atoms with van der Waals surface area (Å²) in [4.78, 5) is 14.9. The zero-order valence-corrected chi connectivity index (χ0v) is 16.6. The van der Waals surface area contributed by atoms with Crippen LogP contribution in [0.5, 0.6) is 0 Å². The molecule has 2 aromatic carbocycles. The Hall–Kier alpha value is -2.26. The predicted molar refractivity (Wildman–Crippen MR) is 108 cm³/mol. The molecule has 0 N–H and O–H groups in total. The first kappa shape index (κ1) is 19.1. The number of rotatable bonds is 4. The zero-order valence-electron chi connectivity index (χ0n) is 15.0. The molecule has 0 radical (unpaired) electrons. The number of piperazine rings is 1. The molecule has 28 heavy (non-hydrogen) atoms. The number of benzene rings is 2. The average molecular weight is 419 g/mol. The molecule has 0 amide bonds. The standard InChI is InChI=1S/C19H19ClN4O3S/c20-16-5-7-17(8-6-16)28(26,27)23-11-9-22(10-12-23)14-24-19(25)18-4-2-1-3-15(18)13-21-24/h1-8,13H,9-12,14H2. The molecule has 7 nitrogen and oxygen atoms in total. The van der Waals surface area contributed by atoms with Gasteiger partial charge in [0, 0.05) is 36.6 Å². The van der Waals surface area contributed by atoms with Crippen LogP contribution in [0.4, 0.5) is 0 Å². The minimum absolute atomic E-state index is 0.144. The first-order valence-corrected chi connectivity index (χ1v) is 10.7. The number of halogens is 1. The smallest absolute Gasteiger partial charge is 0.275 e. The lowest BCUT2D eigenvalue weighted by Crippen LogP contribution is -2.49. The van der Waals surface area contributed by atoms with E-state index < -0.39 is 10.0 Å². The van der Waals surface area contributed by atoms with Crippen molar-refractivity contribution >= 4 is 32.4 Å². The van der Waals surface area contributed by atoms with Gasteiger partial charge in [0.05, 0.1) is 23.1 Å². The quantitative estimate of drug-likeness (QED) is 0.648. The average Bonchev–Trinajstić information content (AvgIpc) is 2.71. The van der Waals surface area contributed by atoms with Crippen LogP contribution in [0, 0.1) is 0 Å². The maximum Gasteiger partial charge on any atom is 0.275 e. The van der Waals surface area contributed by atoms with Gasteiger partial charge < -0.3 is 0 Å². The van der Waals surface area contributed by atoms with Crippen LogP contribution in [0.1, 0.15) is 0 Å². The van der Waals surface area contributed by atoms with Crippen molar-refractivity contribution in [2.75, 3.05) is 26.2 Å². The van der Waals surface area contributed by atoms with Crippen LogP contribution in [-0.2, 0) is 16.7 Å². The second kappa shape index (κ2) is 7.63. The summed E-state index contributed by atoms with van der Waals surface area (Å²) in [5, 5.41) is 6.17. The summed E-state index contributed by atoms with van der Waals surface area (Å²) in [5.41, 5.74) is -0.144. The van der Waals surface area contributed by atoms with E-state index in [1.807, 2.05) is 23.1 Å². The van der Waals surface area contributed by atoms with Gasteiger partial charge in [0.15, 0.2) is 0 Å². The molecule has 2 heterocycles. The van der Waals surface area contributed by atoms with Gasteiger partial charge in [-0.2, -0.15) is 9.40 Å². The number of aromatic nitrogens is 2. The Balaban J connectivity index is 1.45. The molecule has 1 aliphatic heterocycles. The summed E-state index contributed by atoms with van der Waals surface area (Å²) in [7, 11) is -3.55. The maximum absolute atomic E-state index is 12.8. The van der Waals surface area contributed by atoms with E-state index in [2.05, 4.69) is 5.10 Å². The number of hydrogen-bond donors (Lipinski definition) is 0. The molecule has 1 fully saturated rings. The van der Waals surface area contributed by atoms with Gasteiger partial charge >= 0.3 is 0 Å². The van der Waals surface area contributed by atoms with Gasteiger partial charge in [0.25, 0.3) is 5.56 Å². The van der Waals surface area contributed by atoms with E-state index in [-0.39, 0.29) is 10.5 Å². The van der Waals surface area contributed by atoms with Gasteiger partial charge in [-0.05, 0) is 30.3 Å². The van der Waals surface area contributed by atoms with Crippen molar-refractivity contribution in [3.8, 4) is 0 Å². The summed E-state index contributed by atoms with van der Waals surface area (Å²) < 4.78 is 28.4. The third kappa shape index (κ3) is 3.68. The molecule has 0 saturated carbocycles. The van der Waals surface area contributed by atoms with Gasteiger partial charge in [-0.1, -0.05) is 29.8 Å². The Morgan fingerprint density at radius 3 is 2.36 bits per heavy atom. The van der Waals surface area contributed by atoms with Crippen LogP contribution in [0.2, 0.25) is 5.02 Å². The minimum atomic E-state index is -3.55. The number of sulfonamides is 1. The van der Waals surface area contributed by atoms with E-state index in [1.165, 1.54) is 21.1 Å². The Morgan fingerprint density at radius 1 is 0.964 bits per heavy atom. The summed E-state index contributed by atoms with van der Waals surface area (Å²) in [5.74, 6) is 0. The Morgan fingerprint density at radius 2 is 1.64 bits per heavy atom. The monoisotopic (exact) mass is 418 g/mol. The van der Waals surface area contributed by atoms with Crippen molar-refractivity contribution in [3.05, 3.63) is 70.1 Å². The van der Waals surface area contributed by atoms with Crippen LogP contribution >= 0.6 is 11.6 Å². The molecule has 4 rings (SSSR count). The lowest BCUT2D eigenvalue weighted by molar-refractivity contribution is 0.143. The van der Waals surface area contributed by atoms with Crippen LogP contribution in [-0.4, -0.2) is 53.6 Å².